The minimum atomic E-state index is 0.251. The third kappa shape index (κ3) is 3.32. The Morgan fingerprint density at radius 2 is 2.06 bits per heavy atom. The molecule has 1 aliphatic rings. The van der Waals surface area contributed by atoms with E-state index in [9.17, 15) is 5.11 Å². The van der Waals surface area contributed by atoms with E-state index in [1.165, 1.54) is 48.8 Å². The van der Waals surface area contributed by atoms with Crippen molar-refractivity contribution in [3.05, 3.63) is 34.9 Å². The van der Waals surface area contributed by atoms with Crippen molar-refractivity contribution < 1.29 is 5.11 Å². The van der Waals surface area contributed by atoms with E-state index in [1.807, 2.05) is 0 Å². The zero-order valence-corrected chi connectivity index (χ0v) is 11.1. The molecule has 0 bridgehead atoms. The van der Waals surface area contributed by atoms with Gasteiger partial charge in [-0.3, -0.25) is 0 Å². The van der Waals surface area contributed by atoms with E-state index in [2.05, 4.69) is 32.0 Å². The van der Waals surface area contributed by atoms with E-state index in [0.29, 0.717) is 0 Å². The average molecular weight is 232 g/mol. The molecule has 1 heteroatoms. The molecular formula is C16H24O. The van der Waals surface area contributed by atoms with Gasteiger partial charge < -0.3 is 5.11 Å². The van der Waals surface area contributed by atoms with Crippen molar-refractivity contribution in [2.75, 3.05) is 6.61 Å². The van der Waals surface area contributed by atoms with Crippen LogP contribution in [0.3, 0.4) is 0 Å². The molecule has 0 radical (unpaired) electrons. The lowest BCUT2D eigenvalue weighted by Crippen LogP contribution is -2.01. The van der Waals surface area contributed by atoms with E-state index in [1.54, 1.807) is 0 Å². The van der Waals surface area contributed by atoms with Gasteiger partial charge >= 0.3 is 0 Å². The number of benzene rings is 1. The van der Waals surface area contributed by atoms with Crippen LogP contribution >= 0.6 is 0 Å². The molecule has 0 saturated heterocycles. The second-order valence-electron chi connectivity index (χ2n) is 5.47. The first-order valence-corrected chi connectivity index (χ1v) is 6.99. The van der Waals surface area contributed by atoms with E-state index in [4.69, 9.17) is 0 Å². The predicted molar refractivity (Wildman–Crippen MR) is 72.5 cm³/mol. The van der Waals surface area contributed by atoms with E-state index in [0.717, 1.165) is 5.92 Å². The average Bonchev–Trinajstić information content (AvgIpc) is 3.19. The molecule has 1 nitrogen and oxygen atoms in total. The number of aliphatic hydroxyl groups is 1. The van der Waals surface area contributed by atoms with Gasteiger partial charge in [-0.05, 0) is 48.3 Å². The summed E-state index contributed by atoms with van der Waals surface area (Å²) < 4.78 is 0. The lowest BCUT2D eigenvalue weighted by molar-refractivity contribution is 0.273. The summed E-state index contributed by atoms with van der Waals surface area (Å²) in [6, 6.07) is 7.00. The predicted octanol–water partition coefficient (Wildman–Crippen LogP) is 4.00. The monoisotopic (exact) mass is 232 g/mol. The first-order valence-electron chi connectivity index (χ1n) is 6.99. The van der Waals surface area contributed by atoms with Crippen molar-refractivity contribution in [1.29, 1.82) is 0 Å². The zero-order chi connectivity index (χ0) is 12.3. The minimum absolute atomic E-state index is 0.251. The maximum Gasteiger partial charge on any atom is 0.0497 e. The van der Waals surface area contributed by atoms with E-state index in [-0.39, 0.29) is 12.5 Å². The van der Waals surface area contributed by atoms with Crippen molar-refractivity contribution in [2.24, 2.45) is 0 Å². The minimum Gasteiger partial charge on any atom is -0.396 e. The van der Waals surface area contributed by atoms with Crippen LogP contribution in [-0.2, 0) is 6.42 Å². The number of aryl methyl sites for hydroxylation is 1. The Morgan fingerprint density at radius 1 is 1.29 bits per heavy atom. The number of unbranched alkanes of at least 4 members (excludes halogenated alkanes) is 1. The molecule has 1 aromatic carbocycles. The highest BCUT2D eigenvalue weighted by atomic mass is 16.3. The fraction of sp³-hybridized carbons (Fsp3) is 0.625. The van der Waals surface area contributed by atoms with Gasteiger partial charge in [0, 0.05) is 12.5 Å². The summed E-state index contributed by atoms with van der Waals surface area (Å²) in [6.07, 6.45) is 6.40. The number of rotatable bonds is 6. The molecule has 1 N–H and O–H groups in total. The van der Waals surface area contributed by atoms with Crippen LogP contribution < -0.4 is 0 Å². The molecule has 0 spiro atoms. The van der Waals surface area contributed by atoms with Crippen LogP contribution in [-0.4, -0.2) is 11.7 Å². The van der Waals surface area contributed by atoms with Gasteiger partial charge in [-0.25, -0.2) is 0 Å². The summed E-state index contributed by atoms with van der Waals surface area (Å²) >= 11 is 0. The van der Waals surface area contributed by atoms with Crippen LogP contribution in [0.5, 0.6) is 0 Å². The standard InChI is InChI=1S/C16H24O/c1-3-4-5-13-8-15(12(2)11-17)10-16(9-13)14-6-7-14/h8-10,12,14,17H,3-7,11H2,1-2H3. The fourth-order valence-electron chi connectivity index (χ4n) is 2.31. The summed E-state index contributed by atoms with van der Waals surface area (Å²) in [5.74, 6) is 1.08. The molecule has 0 aromatic heterocycles. The first kappa shape index (κ1) is 12.6. The van der Waals surface area contributed by atoms with E-state index >= 15 is 0 Å². The van der Waals surface area contributed by atoms with Crippen LogP contribution in [0.15, 0.2) is 18.2 Å². The normalized spacial score (nSPS) is 17.1. The molecule has 0 amide bonds. The van der Waals surface area contributed by atoms with Gasteiger partial charge in [0.05, 0.1) is 0 Å². The molecule has 2 rings (SSSR count). The molecule has 94 valence electrons. The SMILES string of the molecule is CCCCc1cc(C(C)CO)cc(C2CC2)c1. The second-order valence-corrected chi connectivity index (χ2v) is 5.47. The molecule has 0 heterocycles. The smallest absolute Gasteiger partial charge is 0.0497 e. The number of hydrogen-bond acceptors (Lipinski definition) is 1. The number of hydrogen-bond donors (Lipinski definition) is 1. The van der Waals surface area contributed by atoms with Crippen molar-refractivity contribution in [2.45, 2.75) is 57.8 Å². The lowest BCUT2D eigenvalue weighted by Gasteiger charge is -2.13. The maximum atomic E-state index is 9.30. The Kier molecular flexibility index (Phi) is 4.22. The van der Waals surface area contributed by atoms with Crippen LogP contribution in [0, 0.1) is 0 Å². The first-order chi connectivity index (χ1) is 8.24. The Hall–Kier alpha value is -0.820. The highest BCUT2D eigenvalue weighted by Gasteiger charge is 2.24. The highest BCUT2D eigenvalue weighted by Crippen LogP contribution is 2.41. The summed E-state index contributed by atoms with van der Waals surface area (Å²) in [5, 5.41) is 9.30. The summed E-state index contributed by atoms with van der Waals surface area (Å²) in [4.78, 5) is 0. The third-order valence-electron chi connectivity index (χ3n) is 3.75. The molecule has 1 fully saturated rings. The van der Waals surface area contributed by atoms with Crippen LogP contribution in [0.2, 0.25) is 0 Å². The number of aliphatic hydroxyl groups excluding tert-OH is 1. The van der Waals surface area contributed by atoms with Crippen molar-refractivity contribution in [3.8, 4) is 0 Å². The molecule has 1 unspecified atom stereocenters. The third-order valence-corrected chi connectivity index (χ3v) is 3.75. The van der Waals surface area contributed by atoms with Gasteiger partial charge in [-0.15, -0.1) is 0 Å². The largest absolute Gasteiger partial charge is 0.396 e. The Morgan fingerprint density at radius 3 is 2.65 bits per heavy atom. The highest BCUT2D eigenvalue weighted by molar-refractivity contribution is 5.36. The van der Waals surface area contributed by atoms with Gasteiger partial charge in [0.25, 0.3) is 0 Å². The topological polar surface area (TPSA) is 20.2 Å². The maximum absolute atomic E-state index is 9.30. The fourth-order valence-corrected chi connectivity index (χ4v) is 2.31. The Labute approximate surface area is 105 Å². The summed E-state index contributed by atoms with van der Waals surface area (Å²) in [6.45, 7) is 4.60. The quantitative estimate of drug-likeness (QED) is 0.786. The second kappa shape index (κ2) is 5.68. The molecule has 17 heavy (non-hydrogen) atoms. The zero-order valence-electron chi connectivity index (χ0n) is 11.1. The Balaban J connectivity index is 2.21. The van der Waals surface area contributed by atoms with Gasteiger partial charge in [0.15, 0.2) is 0 Å². The van der Waals surface area contributed by atoms with Crippen molar-refractivity contribution in [3.63, 3.8) is 0 Å². The van der Waals surface area contributed by atoms with Gasteiger partial charge in [-0.1, -0.05) is 38.5 Å². The van der Waals surface area contributed by atoms with Gasteiger partial charge in [-0.2, -0.15) is 0 Å². The lowest BCUT2D eigenvalue weighted by atomic mass is 9.93. The summed E-state index contributed by atoms with van der Waals surface area (Å²) in [7, 11) is 0. The summed E-state index contributed by atoms with van der Waals surface area (Å²) in [5.41, 5.74) is 4.29. The van der Waals surface area contributed by atoms with Gasteiger partial charge in [0.1, 0.15) is 0 Å². The molecular weight excluding hydrogens is 208 g/mol. The van der Waals surface area contributed by atoms with Crippen LogP contribution in [0.25, 0.3) is 0 Å². The molecule has 1 aliphatic carbocycles. The molecule has 1 aromatic rings. The molecule has 1 saturated carbocycles. The van der Waals surface area contributed by atoms with Crippen molar-refractivity contribution in [1.82, 2.24) is 0 Å². The van der Waals surface area contributed by atoms with Crippen molar-refractivity contribution >= 4 is 0 Å². The van der Waals surface area contributed by atoms with Crippen LogP contribution in [0.4, 0.5) is 0 Å². The van der Waals surface area contributed by atoms with Crippen LogP contribution in [0.1, 0.15) is 68.1 Å². The molecule has 0 aliphatic heterocycles. The van der Waals surface area contributed by atoms with Gasteiger partial charge in [0.2, 0.25) is 0 Å². The van der Waals surface area contributed by atoms with E-state index < -0.39 is 0 Å². The molecule has 1 atom stereocenters. The Bertz CT molecular complexity index is 366.